The van der Waals surface area contributed by atoms with Gasteiger partial charge in [0.15, 0.2) is 17.2 Å². The molecule has 7 heteroatoms. The molecular formula is C18H17N3O4. The van der Waals surface area contributed by atoms with Crippen LogP contribution in [0.1, 0.15) is 26.8 Å². The molecule has 0 radical (unpaired) electrons. The van der Waals surface area contributed by atoms with Gasteiger partial charge in [0.2, 0.25) is 0 Å². The fraction of sp³-hybridized carbons (Fsp3) is 0.278. The lowest BCUT2D eigenvalue weighted by molar-refractivity contribution is 0.0518. The van der Waals surface area contributed by atoms with Crippen LogP contribution in [-0.4, -0.2) is 52.8 Å². The number of aryl methyl sites for hydroxylation is 1. The third kappa shape index (κ3) is 2.88. The Morgan fingerprint density at radius 2 is 1.76 bits per heavy atom. The predicted octanol–water partition coefficient (Wildman–Crippen LogP) is 2.33. The van der Waals surface area contributed by atoms with E-state index in [1.165, 1.54) is 6.26 Å². The summed E-state index contributed by atoms with van der Waals surface area (Å²) in [5, 5.41) is 0. The Morgan fingerprint density at radius 3 is 2.44 bits per heavy atom. The van der Waals surface area contributed by atoms with Crippen molar-refractivity contribution < 1.29 is 18.4 Å². The van der Waals surface area contributed by atoms with Gasteiger partial charge in [-0.25, -0.2) is 4.98 Å². The number of rotatable bonds is 2. The van der Waals surface area contributed by atoms with Crippen LogP contribution in [-0.2, 0) is 0 Å². The van der Waals surface area contributed by atoms with Gasteiger partial charge in [0.25, 0.3) is 11.8 Å². The second-order valence-corrected chi connectivity index (χ2v) is 5.98. The molecule has 0 N–H and O–H groups in total. The van der Waals surface area contributed by atoms with Crippen molar-refractivity contribution in [3.63, 3.8) is 0 Å². The van der Waals surface area contributed by atoms with Crippen LogP contribution in [0.4, 0.5) is 0 Å². The Labute approximate surface area is 143 Å². The standard InChI is InChI=1S/C18H17N3O4/c1-12-19-14-11-13(4-5-15(14)25-12)17(22)20-6-8-21(9-7-20)18(23)16-3-2-10-24-16/h2-5,10-11H,6-9H2,1H3. The average molecular weight is 339 g/mol. The van der Waals surface area contributed by atoms with Crippen LogP contribution in [0.25, 0.3) is 11.1 Å². The summed E-state index contributed by atoms with van der Waals surface area (Å²) >= 11 is 0. The molecule has 0 spiro atoms. The van der Waals surface area contributed by atoms with Crippen LogP contribution in [0.2, 0.25) is 0 Å². The molecule has 25 heavy (non-hydrogen) atoms. The van der Waals surface area contributed by atoms with Crippen molar-refractivity contribution in [3.05, 3.63) is 53.8 Å². The number of oxazole rings is 1. The van der Waals surface area contributed by atoms with Crippen LogP contribution < -0.4 is 0 Å². The minimum Gasteiger partial charge on any atom is -0.459 e. The first-order chi connectivity index (χ1) is 12.1. The van der Waals surface area contributed by atoms with E-state index in [2.05, 4.69) is 4.98 Å². The zero-order valence-electron chi connectivity index (χ0n) is 13.8. The van der Waals surface area contributed by atoms with Crippen molar-refractivity contribution in [1.29, 1.82) is 0 Å². The molecule has 1 aromatic carbocycles. The third-order valence-corrected chi connectivity index (χ3v) is 4.33. The zero-order chi connectivity index (χ0) is 17.4. The highest BCUT2D eigenvalue weighted by Crippen LogP contribution is 2.19. The quantitative estimate of drug-likeness (QED) is 0.716. The minimum atomic E-state index is -0.142. The van der Waals surface area contributed by atoms with Gasteiger partial charge in [0, 0.05) is 38.7 Å². The number of hydrogen-bond donors (Lipinski definition) is 0. The van der Waals surface area contributed by atoms with Gasteiger partial charge >= 0.3 is 0 Å². The first-order valence-electron chi connectivity index (χ1n) is 8.11. The summed E-state index contributed by atoms with van der Waals surface area (Å²) in [7, 11) is 0. The van der Waals surface area contributed by atoms with Crippen LogP contribution in [0.15, 0.2) is 45.4 Å². The van der Waals surface area contributed by atoms with E-state index < -0.39 is 0 Å². The molecule has 0 atom stereocenters. The van der Waals surface area contributed by atoms with E-state index in [0.717, 1.165) is 0 Å². The summed E-state index contributed by atoms with van der Waals surface area (Å²) in [5.41, 5.74) is 1.92. The summed E-state index contributed by atoms with van der Waals surface area (Å²) in [6.45, 7) is 3.71. The van der Waals surface area contributed by atoms with Crippen molar-refractivity contribution >= 4 is 22.9 Å². The van der Waals surface area contributed by atoms with E-state index in [9.17, 15) is 9.59 Å². The number of fused-ring (bicyclic) bond motifs is 1. The van der Waals surface area contributed by atoms with Gasteiger partial charge in [-0.1, -0.05) is 0 Å². The number of aromatic nitrogens is 1. The van der Waals surface area contributed by atoms with Gasteiger partial charge < -0.3 is 18.6 Å². The highest BCUT2D eigenvalue weighted by Gasteiger charge is 2.26. The molecule has 1 aliphatic heterocycles. The van der Waals surface area contributed by atoms with Gasteiger partial charge in [-0.3, -0.25) is 9.59 Å². The number of benzene rings is 1. The summed E-state index contributed by atoms with van der Waals surface area (Å²) in [5.74, 6) is 0.695. The van der Waals surface area contributed by atoms with E-state index in [-0.39, 0.29) is 11.8 Å². The number of furan rings is 1. The molecular weight excluding hydrogens is 322 g/mol. The van der Waals surface area contributed by atoms with Crippen LogP contribution in [0.3, 0.4) is 0 Å². The Morgan fingerprint density at radius 1 is 1.04 bits per heavy atom. The molecule has 128 valence electrons. The molecule has 2 aromatic heterocycles. The fourth-order valence-corrected chi connectivity index (χ4v) is 3.03. The van der Waals surface area contributed by atoms with Crippen LogP contribution in [0.5, 0.6) is 0 Å². The van der Waals surface area contributed by atoms with Crippen LogP contribution >= 0.6 is 0 Å². The van der Waals surface area contributed by atoms with Gasteiger partial charge in [0.05, 0.1) is 6.26 Å². The second-order valence-electron chi connectivity index (χ2n) is 5.98. The first-order valence-corrected chi connectivity index (χ1v) is 8.11. The van der Waals surface area contributed by atoms with Crippen LogP contribution in [0, 0.1) is 6.92 Å². The molecule has 3 aromatic rings. The third-order valence-electron chi connectivity index (χ3n) is 4.33. The summed E-state index contributed by atoms with van der Waals surface area (Å²) in [6, 6.07) is 8.59. The number of amides is 2. The lowest BCUT2D eigenvalue weighted by Gasteiger charge is -2.34. The summed E-state index contributed by atoms with van der Waals surface area (Å²) in [4.78, 5) is 32.7. The Balaban J connectivity index is 1.44. The van der Waals surface area contributed by atoms with Crippen molar-refractivity contribution in [2.75, 3.05) is 26.2 Å². The molecule has 2 amide bonds. The molecule has 1 saturated heterocycles. The summed E-state index contributed by atoms with van der Waals surface area (Å²) in [6.07, 6.45) is 1.48. The second kappa shape index (κ2) is 6.08. The molecule has 1 aliphatic rings. The lowest BCUT2D eigenvalue weighted by atomic mass is 10.1. The lowest BCUT2D eigenvalue weighted by Crippen LogP contribution is -2.50. The SMILES string of the molecule is Cc1nc2cc(C(=O)N3CCN(C(=O)c4ccco4)CC3)ccc2o1. The van der Waals surface area contributed by atoms with Gasteiger partial charge in [-0.15, -0.1) is 0 Å². The van der Waals surface area contributed by atoms with Crippen molar-refractivity contribution in [2.45, 2.75) is 6.92 Å². The number of carbonyl (C=O) groups is 2. The van der Waals surface area contributed by atoms with E-state index in [0.29, 0.717) is 54.5 Å². The predicted molar refractivity (Wildman–Crippen MR) is 89.3 cm³/mol. The van der Waals surface area contributed by atoms with Crippen molar-refractivity contribution in [1.82, 2.24) is 14.8 Å². The highest BCUT2D eigenvalue weighted by molar-refractivity contribution is 5.97. The van der Waals surface area contributed by atoms with Gasteiger partial charge in [-0.05, 0) is 30.3 Å². The maximum atomic E-state index is 12.7. The normalized spacial score (nSPS) is 14.9. The van der Waals surface area contributed by atoms with Crippen molar-refractivity contribution in [3.8, 4) is 0 Å². The molecule has 0 bridgehead atoms. The van der Waals surface area contributed by atoms with E-state index >= 15 is 0 Å². The van der Waals surface area contributed by atoms with Gasteiger partial charge in [-0.2, -0.15) is 0 Å². The van der Waals surface area contributed by atoms with Gasteiger partial charge in [0.1, 0.15) is 5.52 Å². The number of carbonyl (C=O) groups excluding carboxylic acids is 2. The molecule has 0 unspecified atom stereocenters. The first kappa shape index (κ1) is 15.4. The minimum absolute atomic E-state index is 0.0624. The smallest absolute Gasteiger partial charge is 0.289 e. The van der Waals surface area contributed by atoms with E-state index in [4.69, 9.17) is 8.83 Å². The monoisotopic (exact) mass is 339 g/mol. The molecule has 4 rings (SSSR count). The van der Waals surface area contributed by atoms with E-state index in [1.54, 1.807) is 47.1 Å². The summed E-state index contributed by atoms with van der Waals surface area (Å²) < 4.78 is 10.6. The molecule has 1 fully saturated rings. The maximum absolute atomic E-state index is 12.7. The number of nitrogens with zero attached hydrogens (tertiary/aromatic N) is 3. The highest BCUT2D eigenvalue weighted by atomic mass is 16.3. The number of piperazine rings is 1. The molecule has 3 heterocycles. The number of hydrogen-bond acceptors (Lipinski definition) is 5. The Kier molecular flexibility index (Phi) is 3.76. The van der Waals surface area contributed by atoms with Crippen molar-refractivity contribution in [2.24, 2.45) is 0 Å². The average Bonchev–Trinajstić information content (AvgIpc) is 3.28. The Hall–Kier alpha value is -3.09. The molecule has 0 aliphatic carbocycles. The van der Waals surface area contributed by atoms with E-state index in [1.807, 2.05) is 0 Å². The molecule has 0 saturated carbocycles. The largest absolute Gasteiger partial charge is 0.459 e. The fourth-order valence-electron chi connectivity index (χ4n) is 3.03. The zero-order valence-corrected chi connectivity index (χ0v) is 13.8. The Bertz CT molecular complexity index is 921. The molecule has 7 nitrogen and oxygen atoms in total. The topological polar surface area (TPSA) is 79.8 Å². The maximum Gasteiger partial charge on any atom is 0.289 e.